The molecule has 2 atom stereocenters. The second-order valence-electron chi connectivity index (χ2n) is 7.38. The summed E-state index contributed by atoms with van der Waals surface area (Å²) in [6, 6.07) is 8.18. The fourth-order valence-electron chi connectivity index (χ4n) is 3.99. The van der Waals surface area contributed by atoms with Crippen LogP contribution in [-0.2, 0) is 17.8 Å². The van der Waals surface area contributed by atoms with Crippen molar-refractivity contribution in [3.05, 3.63) is 36.3 Å². The standard InChI is InChI=1S/C20H26N4O.2ClH/c21-16-5-3-4-15(12-16)20(25)22-17-9-7-14(8-10-17)18-13-24-11-2-1-6-19(24)23-18;;/h7-10,13,15-16H,1-6,11-12,21H2,(H,22,25);2*1H. The molecule has 0 spiro atoms. The van der Waals surface area contributed by atoms with Crippen LogP contribution < -0.4 is 11.1 Å². The number of carbonyl (C=O) groups excluding carboxylic acids is 1. The van der Waals surface area contributed by atoms with Crippen molar-refractivity contribution in [2.45, 2.75) is 57.5 Å². The molecule has 4 rings (SSSR count). The molecule has 27 heavy (non-hydrogen) atoms. The van der Waals surface area contributed by atoms with Crippen LogP contribution in [-0.4, -0.2) is 21.5 Å². The van der Waals surface area contributed by atoms with Crippen LogP contribution in [0.15, 0.2) is 30.5 Å². The Morgan fingerprint density at radius 3 is 2.59 bits per heavy atom. The number of nitrogens with two attached hydrogens (primary N) is 1. The second-order valence-corrected chi connectivity index (χ2v) is 7.38. The van der Waals surface area contributed by atoms with Crippen molar-refractivity contribution in [3.8, 4) is 11.3 Å². The number of imidazole rings is 1. The number of carbonyl (C=O) groups is 1. The third kappa shape index (κ3) is 5.03. The van der Waals surface area contributed by atoms with Crippen molar-refractivity contribution in [2.75, 3.05) is 5.32 Å². The van der Waals surface area contributed by atoms with Crippen LogP contribution in [0.3, 0.4) is 0 Å². The van der Waals surface area contributed by atoms with E-state index in [9.17, 15) is 4.79 Å². The molecule has 3 N–H and O–H groups in total. The van der Waals surface area contributed by atoms with Gasteiger partial charge in [-0.15, -0.1) is 24.8 Å². The zero-order valence-electron chi connectivity index (χ0n) is 15.4. The summed E-state index contributed by atoms with van der Waals surface area (Å²) in [4.78, 5) is 17.2. The molecule has 1 aromatic heterocycles. The summed E-state index contributed by atoms with van der Waals surface area (Å²) in [5.74, 6) is 1.33. The SMILES string of the molecule is Cl.Cl.NC1CCCC(C(=O)Nc2ccc(-c3cn4c(n3)CCCC4)cc2)C1. The van der Waals surface area contributed by atoms with Crippen molar-refractivity contribution in [1.29, 1.82) is 0 Å². The summed E-state index contributed by atoms with van der Waals surface area (Å²) >= 11 is 0. The summed E-state index contributed by atoms with van der Waals surface area (Å²) in [6.45, 7) is 1.07. The number of aromatic nitrogens is 2. The molecule has 2 heterocycles. The molecule has 2 aliphatic rings. The number of rotatable bonds is 3. The summed E-state index contributed by atoms with van der Waals surface area (Å²) in [7, 11) is 0. The summed E-state index contributed by atoms with van der Waals surface area (Å²) in [6.07, 6.45) is 9.49. The number of fused-ring (bicyclic) bond motifs is 1. The van der Waals surface area contributed by atoms with Gasteiger partial charge in [0.05, 0.1) is 5.69 Å². The lowest BCUT2D eigenvalue weighted by Gasteiger charge is -2.25. The van der Waals surface area contributed by atoms with Gasteiger partial charge in [-0.05, 0) is 44.2 Å². The number of nitrogens with one attached hydrogen (secondary N) is 1. The molecule has 1 saturated carbocycles. The normalized spacial score (nSPS) is 21.4. The lowest BCUT2D eigenvalue weighted by Crippen LogP contribution is -2.34. The highest BCUT2D eigenvalue weighted by Crippen LogP contribution is 2.26. The first-order valence-electron chi connectivity index (χ1n) is 9.42. The van der Waals surface area contributed by atoms with Crippen LogP contribution in [0, 0.1) is 5.92 Å². The Labute approximate surface area is 172 Å². The first kappa shape index (κ1) is 21.7. The van der Waals surface area contributed by atoms with E-state index in [1.165, 1.54) is 18.7 Å². The third-order valence-corrected chi connectivity index (χ3v) is 5.44. The number of amides is 1. The lowest BCUT2D eigenvalue weighted by molar-refractivity contribution is -0.120. The van der Waals surface area contributed by atoms with E-state index in [0.29, 0.717) is 0 Å². The number of hydrogen-bond donors (Lipinski definition) is 2. The largest absolute Gasteiger partial charge is 0.334 e. The maximum atomic E-state index is 12.4. The minimum Gasteiger partial charge on any atom is -0.334 e. The lowest BCUT2D eigenvalue weighted by atomic mass is 9.85. The van der Waals surface area contributed by atoms with Gasteiger partial charge < -0.3 is 15.6 Å². The van der Waals surface area contributed by atoms with Gasteiger partial charge in [0.2, 0.25) is 5.91 Å². The van der Waals surface area contributed by atoms with Crippen LogP contribution in [0.25, 0.3) is 11.3 Å². The molecule has 1 fully saturated rings. The van der Waals surface area contributed by atoms with Gasteiger partial charge >= 0.3 is 0 Å². The highest BCUT2D eigenvalue weighted by Gasteiger charge is 2.25. The Kier molecular flexibility index (Phi) is 7.71. The van der Waals surface area contributed by atoms with Crippen LogP contribution >= 0.6 is 24.8 Å². The second kappa shape index (κ2) is 9.58. The van der Waals surface area contributed by atoms with Gasteiger partial charge in [-0.1, -0.05) is 18.6 Å². The molecule has 1 amide bonds. The molecule has 2 unspecified atom stereocenters. The number of aryl methyl sites for hydroxylation is 2. The van der Waals surface area contributed by atoms with Gasteiger partial charge in [-0.2, -0.15) is 0 Å². The summed E-state index contributed by atoms with van der Waals surface area (Å²) in [5, 5.41) is 3.04. The van der Waals surface area contributed by atoms with Gasteiger partial charge in [0.25, 0.3) is 0 Å². The van der Waals surface area contributed by atoms with Crippen molar-refractivity contribution in [2.24, 2.45) is 11.7 Å². The molecular weight excluding hydrogens is 383 g/mol. The van der Waals surface area contributed by atoms with Crippen molar-refractivity contribution >= 4 is 36.4 Å². The number of hydrogen-bond acceptors (Lipinski definition) is 3. The maximum Gasteiger partial charge on any atom is 0.227 e. The molecule has 5 nitrogen and oxygen atoms in total. The van der Waals surface area contributed by atoms with Crippen LogP contribution in [0.4, 0.5) is 5.69 Å². The fourth-order valence-corrected chi connectivity index (χ4v) is 3.99. The number of benzene rings is 1. The Morgan fingerprint density at radius 1 is 1.11 bits per heavy atom. The van der Waals surface area contributed by atoms with E-state index in [-0.39, 0.29) is 42.7 Å². The molecule has 0 bridgehead atoms. The van der Waals surface area contributed by atoms with E-state index in [4.69, 9.17) is 10.7 Å². The summed E-state index contributed by atoms with van der Waals surface area (Å²) in [5.41, 5.74) is 8.96. The molecule has 1 aliphatic heterocycles. The Hall–Kier alpha value is -1.56. The molecule has 0 saturated heterocycles. The molecular formula is C20H28Cl2N4O. The quantitative estimate of drug-likeness (QED) is 0.796. The van der Waals surface area contributed by atoms with Crippen LogP contribution in [0.2, 0.25) is 0 Å². The Morgan fingerprint density at radius 2 is 1.89 bits per heavy atom. The molecule has 7 heteroatoms. The number of nitrogens with zero attached hydrogens (tertiary/aromatic N) is 2. The maximum absolute atomic E-state index is 12.4. The predicted octanol–water partition coefficient (Wildman–Crippen LogP) is 4.19. The molecule has 1 aromatic carbocycles. The average molecular weight is 411 g/mol. The van der Waals surface area contributed by atoms with Crippen LogP contribution in [0.1, 0.15) is 44.3 Å². The first-order chi connectivity index (χ1) is 12.2. The minimum absolute atomic E-state index is 0. The average Bonchev–Trinajstić information content (AvgIpc) is 3.06. The minimum atomic E-state index is 0. The summed E-state index contributed by atoms with van der Waals surface area (Å²) < 4.78 is 2.26. The first-order valence-corrected chi connectivity index (χ1v) is 9.42. The van der Waals surface area contributed by atoms with Gasteiger partial charge in [0.1, 0.15) is 5.82 Å². The number of anilines is 1. The van der Waals surface area contributed by atoms with Crippen molar-refractivity contribution in [1.82, 2.24) is 9.55 Å². The molecule has 0 radical (unpaired) electrons. The smallest absolute Gasteiger partial charge is 0.227 e. The predicted molar refractivity (Wildman–Crippen MR) is 114 cm³/mol. The Bertz CT molecular complexity index is 736. The van der Waals surface area contributed by atoms with Crippen molar-refractivity contribution < 1.29 is 4.79 Å². The zero-order chi connectivity index (χ0) is 17.2. The Balaban J connectivity index is 0.00000131. The van der Waals surface area contributed by atoms with Gasteiger partial charge in [0, 0.05) is 42.4 Å². The monoisotopic (exact) mass is 410 g/mol. The van der Waals surface area contributed by atoms with Crippen LogP contribution in [0.5, 0.6) is 0 Å². The zero-order valence-corrected chi connectivity index (χ0v) is 17.0. The van der Waals surface area contributed by atoms with E-state index >= 15 is 0 Å². The third-order valence-electron chi connectivity index (χ3n) is 5.44. The van der Waals surface area contributed by atoms with E-state index in [2.05, 4.69) is 16.1 Å². The topological polar surface area (TPSA) is 72.9 Å². The highest BCUT2D eigenvalue weighted by molar-refractivity contribution is 5.92. The van der Waals surface area contributed by atoms with E-state index in [1.54, 1.807) is 0 Å². The van der Waals surface area contributed by atoms with Crippen molar-refractivity contribution in [3.63, 3.8) is 0 Å². The number of halogens is 2. The van der Waals surface area contributed by atoms with Gasteiger partial charge in [0.15, 0.2) is 0 Å². The fraction of sp³-hybridized carbons (Fsp3) is 0.500. The molecule has 2 aromatic rings. The van der Waals surface area contributed by atoms with E-state index in [0.717, 1.165) is 55.6 Å². The highest BCUT2D eigenvalue weighted by atomic mass is 35.5. The van der Waals surface area contributed by atoms with E-state index < -0.39 is 0 Å². The van der Waals surface area contributed by atoms with E-state index in [1.807, 2.05) is 24.3 Å². The van der Waals surface area contributed by atoms with Gasteiger partial charge in [-0.3, -0.25) is 4.79 Å². The molecule has 148 valence electrons. The molecule has 1 aliphatic carbocycles. The van der Waals surface area contributed by atoms with Gasteiger partial charge in [-0.25, -0.2) is 4.98 Å².